The van der Waals surface area contributed by atoms with Crippen LogP contribution in [-0.2, 0) is 11.2 Å². The maximum Gasteiger partial charge on any atom is 0.219 e. The molecule has 1 aromatic rings. The SMILES string of the molecule is CC(=O)N1CC2(C[C@@H](O)[C@H](N(C)CCc3cnccn3)C2)C1C(C)C. The van der Waals surface area contributed by atoms with Gasteiger partial charge in [0.15, 0.2) is 0 Å². The Balaban J connectivity index is 1.64. The van der Waals surface area contributed by atoms with Crippen LogP contribution >= 0.6 is 0 Å². The van der Waals surface area contributed by atoms with Gasteiger partial charge in [0.25, 0.3) is 0 Å². The van der Waals surface area contributed by atoms with E-state index in [-0.39, 0.29) is 29.5 Å². The monoisotopic (exact) mass is 346 g/mol. The predicted molar refractivity (Wildman–Crippen MR) is 95.8 cm³/mol. The zero-order chi connectivity index (χ0) is 18.2. The lowest BCUT2D eigenvalue weighted by Crippen LogP contribution is -2.67. The lowest BCUT2D eigenvalue weighted by atomic mass is 9.65. The van der Waals surface area contributed by atoms with Crippen molar-refractivity contribution in [1.29, 1.82) is 0 Å². The van der Waals surface area contributed by atoms with Crippen molar-refractivity contribution in [2.24, 2.45) is 11.3 Å². The van der Waals surface area contributed by atoms with Gasteiger partial charge in [0, 0.05) is 62.5 Å². The van der Waals surface area contributed by atoms with Crippen LogP contribution in [0.5, 0.6) is 0 Å². The molecular weight excluding hydrogens is 316 g/mol. The molecule has 25 heavy (non-hydrogen) atoms. The summed E-state index contributed by atoms with van der Waals surface area (Å²) in [7, 11) is 2.08. The summed E-state index contributed by atoms with van der Waals surface area (Å²) in [4.78, 5) is 24.5. The molecule has 0 aromatic carbocycles. The third-order valence-electron chi connectivity index (χ3n) is 6.06. The highest BCUT2D eigenvalue weighted by molar-refractivity contribution is 5.75. The highest BCUT2D eigenvalue weighted by Gasteiger charge is 2.60. The average Bonchev–Trinajstić information content (AvgIpc) is 2.90. The third kappa shape index (κ3) is 3.42. The number of aliphatic hydroxyl groups is 1. The first-order valence-electron chi connectivity index (χ1n) is 9.24. The summed E-state index contributed by atoms with van der Waals surface area (Å²) in [6, 6.07) is 0.394. The molecule has 1 aromatic heterocycles. The summed E-state index contributed by atoms with van der Waals surface area (Å²) in [6.45, 7) is 7.64. The van der Waals surface area contributed by atoms with Crippen LogP contribution in [0.2, 0.25) is 0 Å². The standard InChI is InChI=1S/C19H30N4O2/c1-13(2)18-19(12-23(18)14(3)24)9-16(17(25)10-19)22(4)8-5-15-11-20-6-7-21-15/h6-7,11,13,16-18,25H,5,8-10,12H2,1-4H3/t16-,17-,18?,19?/m1/s1. The quantitative estimate of drug-likeness (QED) is 0.871. The molecule has 4 atom stereocenters. The lowest BCUT2D eigenvalue weighted by Gasteiger charge is -2.58. The number of amides is 1. The highest BCUT2D eigenvalue weighted by atomic mass is 16.3. The number of carbonyl (C=O) groups excluding carboxylic acids is 1. The Morgan fingerprint density at radius 2 is 2.20 bits per heavy atom. The Kier molecular flexibility index (Phi) is 5.11. The van der Waals surface area contributed by atoms with Crippen molar-refractivity contribution in [3.8, 4) is 0 Å². The molecule has 6 nitrogen and oxygen atoms in total. The molecule has 138 valence electrons. The number of aromatic nitrogens is 2. The maximum absolute atomic E-state index is 11.9. The van der Waals surface area contributed by atoms with Gasteiger partial charge in [-0.1, -0.05) is 13.8 Å². The molecule has 2 fully saturated rings. The Labute approximate surface area is 150 Å². The van der Waals surface area contributed by atoms with E-state index in [2.05, 4.69) is 35.8 Å². The molecule has 2 unspecified atom stereocenters. The van der Waals surface area contributed by atoms with E-state index >= 15 is 0 Å². The van der Waals surface area contributed by atoms with Gasteiger partial charge in [-0.15, -0.1) is 0 Å². The van der Waals surface area contributed by atoms with Crippen molar-refractivity contribution in [2.45, 2.75) is 58.2 Å². The first kappa shape index (κ1) is 18.3. The molecular formula is C19H30N4O2. The van der Waals surface area contributed by atoms with Gasteiger partial charge in [-0.3, -0.25) is 14.8 Å². The fraction of sp³-hybridized carbons (Fsp3) is 0.737. The minimum Gasteiger partial charge on any atom is -0.391 e. The molecule has 1 amide bonds. The Hall–Kier alpha value is -1.53. The normalized spacial score (nSPS) is 31.8. The van der Waals surface area contributed by atoms with Crippen LogP contribution in [0.15, 0.2) is 18.6 Å². The van der Waals surface area contributed by atoms with Crippen molar-refractivity contribution in [3.05, 3.63) is 24.3 Å². The molecule has 1 aliphatic heterocycles. The van der Waals surface area contributed by atoms with Crippen molar-refractivity contribution in [2.75, 3.05) is 20.1 Å². The summed E-state index contributed by atoms with van der Waals surface area (Å²) in [5.74, 6) is 0.562. The van der Waals surface area contributed by atoms with Crippen molar-refractivity contribution < 1.29 is 9.90 Å². The van der Waals surface area contributed by atoms with Crippen molar-refractivity contribution >= 4 is 5.91 Å². The van der Waals surface area contributed by atoms with E-state index in [1.807, 2.05) is 4.90 Å². The van der Waals surface area contributed by atoms with E-state index in [1.165, 1.54) is 0 Å². The van der Waals surface area contributed by atoms with Crippen LogP contribution in [0.25, 0.3) is 0 Å². The fourth-order valence-corrected chi connectivity index (χ4v) is 5.05. The summed E-state index contributed by atoms with van der Waals surface area (Å²) < 4.78 is 0. The van der Waals surface area contributed by atoms with E-state index in [0.717, 1.165) is 38.0 Å². The van der Waals surface area contributed by atoms with Crippen LogP contribution < -0.4 is 0 Å². The molecule has 6 heteroatoms. The molecule has 1 saturated carbocycles. The Bertz CT molecular complexity index is 609. The van der Waals surface area contributed by atoms with Crippen LogP contribution in [0.4, 0.5) is 0 Å². The largest absolute Gasteiger partial charge is 0.391 e. The molecule has 1 aliphatic carbocycles. The maximum atomic E-state index is 11.9. The van der Waals surface area contributed by atoms with Gasteiger partial charge in [0.05, 0.1) is 11.8 Å². The molecule has 0 bridgehead atoms. The van der Waals surface area contributed by atoms with Crippen LogP contribution in [-0.4, -0.2) is 69.1 Å². The second-order valence-corrected chi connectivity index (χ2v) is 8.17. The fourth-order valence-electron chi connectivity index (χ4n) is 5.05. The van der Waals surface area contributed by atoms with E-state index in [1.54, 1.807) is 25.5 Å². The molecule has 1 spiro atoms. The summed E-state index contributed by atoms with van der Waals surface area (Å²) in [5.41, 5.74) is 1.05. The van der Waals surface area contributed by atoms with Crippen LogP contribution in [0.1, 0.15) is 39.3 Å². The molecule has 0 radical (unpaired) electrons. The van der Waals surface area contributed by atoms with E-state index in [9.17, 15) is 9.90 Å². The Morgan fingerprint density at radius 1 is 1.44 bits per heavy atom. The summed E-state index contributed by atoms with van der Waals surface area (Å²) >= 11 is 0. The number of rotatable bonds is 5. The van der Waals surface area contributed by atoms with Crippen molar-refractivity contribution in [1.82, 2.24) is 19.8 Å². The first-order chi connectivity index (χ1) is 11.8. The summed E-state index contributed by atoms with van der Waals surface area (Å²) in [5, 5.41) is 10.7. The van der Waals surface area contributed by atoms with E-state index < -0.39 is 0 Å². The van der Waals surface area contributed by atoms with E-state index in [4.69, 9.17) is 0 Å². The zero-order valence-electron chi connectivity index (χ0n) is 15.7. The minimum absolute atomic E-state index is 0.0741. The van der Waals surface area contributed by atoms with E-state index in [0.29, 0.717) is 5.92 Å². The second-order valence-electron chi connectivity index (χ2n) is 8.17. The van der Waals surface area contributed by atoms with Gasteiger partial charge in [-0.2, -0.15) is 0 Å². The number of nitrogens with zero attached hydrogens (tertiary/aromatic N) is 4. The number of aliphatic hydroxyl groups excluding tert-OH is 1. The van der Waals surface area contributed by atoms with Gasteiger partial charge in [0.2, 0.25) is 5.91 Å². The minimum atomic E-state index is -0.331. The first-order valence-corrected chi connectivity index (χ1v) is 9.24. The third-order valence-corrected chi connectivity index (χ3v) is 6.06. The van der Waals surface area contributed by atoms with Gasteiger partial charge in [0.1, 0.15) is 0 Å². The van der Waals surface area contributed by atoms with Crippen molar-refractivity contribution in [3.63, 3.8) is 0 Å². The van der Waals surface area contributed by atoms with Crippen LogP contribution in [0.3, 0.4) is 0 Å². The summed E-state index contributed by atoms with van der Waals surface area (Å²) in [6.07, 6.45) is 7.44. The number of likely N-dealkylation sites (N-methyl/N-ethyl adjacent to an activating group) is 1. The number of hydrogen-bond donors (Lipinski definition) is 1. The van der Waals surface area contributed by atoms with Gasteiger partial charge >= 0.3 is 0 Å². The molecule has 2 heterocycles. The van der Waals surface area contributed by atoms with Gasteiger partial charge in [-0.05, 0) is 25.8 Å². The molecule has 1 N–H and O–H groups in total. The Morgan fingerprint density at radius 3 is 2.80 bits per heavy atom. The predicted octanol–water partition coefficient (Wildman–Crippen LogP) is 1.35. The van der Waals surface area contributed by atoms with Gasteiger partial charge in [-0.25, -0.2) is 0 Å². The smallest absolute Gasteiger partial charge is 0.219 e. The highest BCUT2D eigenvalue weighted by Crippen LogP contribution is 2.53. The topological polar surface area (TPSA) is 69.6 Å². The lowest BCUT2D eigenvalue weighted by molar-refractivity contribution is -0.158. The average molecular weight is 346 g/mol. The van der Waals surface area contributed by atoms with Crippen LogP contribution in [0, 0.1) is 11.3 Å². The number of carbonyl (C=O) groups is 1. The molecule has 3 rings (SSSR count). The van der Waals surface area contributed by atoms with Gasteiger partial charge < -0.3 is 14.9 Å². The number of hydrogen-bond acceptors (Lipinski definition) is 5. The molecule has 1 saturated heterocycles. The second kappa shape index (κ2) is 7.00. The molecule has 2 aliphatic rings. The number of likely N-dealkylation sites (tertiary alicyclic amines) is 1. The zero-order valence-corrected chi connectivity index (χ0v) is 15.7.